The van der Waals surface area contributed by atoms with Crippen molar-refractivity contribution in [1.29, 1.82) is 0 Å². The van der Waals surface area contributed by atoms with Gasteiger partial charge in [-0.1, -0.05) is 31.2 Å². The lowest BCUT2D eigenvalue weighted by molar-refractivity contribution is 0.0437. The molecule has 0 aliphatic rings. The summed E-state index contributed by atoms with van der Waals surface area (Å²) in [6, 6.07) is 8.51. The number of nitrogens with one attached hydrogen (secondary N) is 1. The number of aliphatic hydroxyl groups is 1. The Kier molecular flexibility index (Phi) is 4.51. The smallest absolute Gasteiger partial charge is 0.0741 e. The highest BCUT2D eigenvalue weighted by atomic mass is 16.3. The van der Waals surface area contributed by atoms with Crippen LogP contribution in [0.5, 0.6) is 0 Å². The molecule has 0 amide bonds. The van der Waals surface area contributed by atoms with E-state index in [4.69, 9.17) is 0 Å². The molecule has 0 aliphatic carbocycles. The second kappa shape index (κ2) is 5.46. The molecule has 1 aromatic rings. The van der Waals surface area contributed by atoms with Crippen molar-refractivity contribution in [2.45, 2.75) is 52.3 Å². The molecular weight excluding hydrogens is 198 g/mol. The summed E-state index contributed by atoms with van der Waals surface area (Å²) in [5.74, 6) is 0. The summed E-state index contributed by atoms with van der Waals surface area (Å²) in [7, 11) is 0. The molecule has 0 radical (unpaired) electrons. The number of rotatable bonds is 5. The number of hydrogen-bond donors (Lipinski definition) is 2. The van der Waals surface area contributed by atoms with Crippen LogP contribution in [-0.4, -0.2) is 16.7 Å². The van der Waals surface area contributed by atoms with Crippen LogP contribution in [0.2, 0.25) is 0 Å². The van der Waals surface area contributed by atoms with E-state index in [2.05, 4.69) is 36.5 Å². The van der Waals surface area contributed by atoms with Gasteiger partial charge >= 0.3 is 0 Å². The van der Waals surface area contributed by atoms with Crippen LogP contribution < -0.4 is 5.32 Å². The first-order chi connectivity index (χ1) is 7.45. The standard InChI is InChI=1S/C14H23NO/c1-5-12-8-6-7-9-13(12)10-15-11(2)14(3,4)16/h6-9,11,15-16H,5,10H2,1-4H3. The second-order valence-electron chi connectivity index (χ2n) is 4.88. The topological polar surface area (TPSA) is 32.3 Å². The van der Waals surface area contributed by atoms with Crippen molar-refractivity contribution < 1.29 is 5.11 Å². The molecule has 90 valence electrons. The summed E-state index contributed by atoms with van der Waals surface area (Å²) >= 11 is 0. The third kappa shape index (κ3) is 3.62. The molecule has 0 heterocycles. The Morgan fingerprint density at radius 2 is 1.81 bits per heavy atom. The lowest BCUT2D eigenvalue weighted by Gasteiger charge is -2.27. The Balaban J connectivity index is 2.61. The van der Waals surface area contributed by atoms with E-state index in [-0.39, 0.29) is 6.04 Å². The third-order valence-electron chi connectivity index (χ3n) is 3.16. The van der Waals surface area contributed by atoms with E-state index in [0.29, 0.717) is 0 Å². The van der Waals surface area contributed by atoms with E-state index >= 15 is 0 Å². The van der Waals surface area contributed by atoms with Gasteiger partial charge in [0.2, 0.25) is 0 Å². The Labute approximate surface area is 98.7 Å². The molecule has 0 saturated carbocycles. The third-order valence-corrected chi connectivity index (χ3v) is 3.16. The molecule has 0 aromatic heterocycles. The molecule has 2 N–H and O–H groups in total. The SMILES string of the molecule is CCc1ccccc1CNC(C)C(C)(C)O. The molecule has 0 saturated heterocycles. The van der Waals surface area contributed by atoms with E-state index in [9.17, 15) is 5.11 Å². The largest absolute Gasteiger partial charge is 0.389 e. The van der Waals surface area contributed by atoms with Crippen LogP contribution in [0.1, 0.15) is 38.8 Å². The summed E-state index contributed by atoms with van der Waals surface area (Å²) in [6.07, 6.45) is 1.05. The summed E-state index contributed by atoms with van der Waals surface area (Å²) < 4.78 is 0. The van der Waals surface area contributed by atoms with Crippen LogP contribution in [0, 0.1) is 0 Å². The second-order valence-corrected chi connectivity index (χ2v) is 4.88. The molecule has 1 atom stereocenters. The normalized spacial score (nSPS) is 13.8. The predicted molar refractivity (Wildman–Crippen MR) is 68.4 cm³/mol. The Morgan fingerprint density at radius 1 is 1.25 bits per heavy atom. The Bertz CT molecular complexity index is 328. The van der Waals surface area contributed by atoms with Crippen molar-refractivity contribution >= 4 is 0 Å². The molecule has 2 nitrogen and oxygen atoms in total. The molecule has 0 bridgehead atoms. The maximum Gasteiger partial charge on any atom is 0.0741 e. The van der Waals surface area contributed by atoms with Crippen LogP contribution in [0.3, 0.4) is 0 Å². The van der Waals surface area contributed by atoms with Gasteiger partial charge in [-0.15, -0.1) is 0 Å². The lowest BCUT2D eigenvalue weighted by Crippen LogP contribution is -2.44. The molecule has 1 unspecified atom stereocenters. The number of aryl methyl sites for hydroxylation is 1. The highest BCUT2D eigenvalue weighted by molar-refractivity contribution is 5.26. The van der Waals surface area contributed by atoms with Crippen molar-refractivity contribution in [3.8, 4) is 0 Å². The maximum absolute atomic E-state index is 9.83. The number of benzene rings is 1. The first-order valence-corrected chi connectivity index (χ1v) is 5.97. The van der Waals surface area contributed by atoms with E-state index in [0.717, 1.165) is 13.0 Å². The van der Waals surface area contributed by atoms with Crippen molar-refractivity contribution in [2.24, 2.45) is 0 Å². The zero-order valence-corrected chi connectivity index (χ0v) is 10.7. The van der Waals surface area contributed by atoms with E-state index < -0.39 is 5.60 Å². The summed E-state index contributed by atoms with van der Waals surface area (Å²) in [4.78, 5) is 0. The highest BCUT2D eigenvalue weighted by Gasteiger charge is 2.21. The fraction of sp³-hybridized carbons (Fsp3) is 0.571. The summed E-state index contributed by atoms with van der Waals surface area (Å²) in [5, 5.41) is 13.2. The maximum atomic E-state index is 9.83. The molecular formula is C14H23NO. The lowest BCUT2D eigenvalue weighted by atomic mass is 9.99. The molecule has 16 heavy (non-hydrogen) atoms. The highest BCUT2D eigenvalue weighted by Crippen LogP contribution is 2.12. The molecule has 1 aromatic carbocycles. The van der Waals surface area contributed by atoms with Gasteiger partial charge in [-0.05, 0) is 38.3 Å². The van der Waals surface area contributed by atoms with Gasteiger partial charge in [0.25, 0.3) is 0 Å². The van der Waals surface area contributed by atoms with E-state index in [1.807, 2.05) is 20.8 Å². The zero-order valence-electron chi connectivity index (χ0n) is 10.7. The van der Waals surface area contributed by atoms with Crippen LogP contribution >= 0.6 is 0 Å². The minimum Gasteiger partial charge on any atom is -0.389 e. The van der Waals surface area contributed by atoms with Crippen molar-refractivity contribution in [3.63, 3.8) is 0 Å². The van der Waals surface area contributed by atoms with Crippen LogP contribution in [0.25, 0.3) is 0 Å². The van der Waals surface area contributed by atoms with Gasteiger partial charge in [0.15, 0.2) is 0 Å². The van der Waals surface area contributed by atoms with Gasteiger partial charge in [0.05, 0.1) is 5.60 Å². The minimum absolute atomic E-state index is 0.0809. The fourth-order valence-corrected chi connectivity index (χ4v) is 1.59. The van der Waals surface area contributed by atoms with Crippen LogP contribution in [-0.2, 0) is 13.0 Å². The van der Waals surface area contributed by atoms with E-state index in [1.54, 1.807) is 0 Å². The quantitative estimate of drug-likeness (QED) is 0.800. The van der Waals surface area contributed by atoms with Crippen LogP contribution in [0.15, 0.2) is 24.3 Å². The fourth-order valence-electron chi connectivity index (χ4n) is 1.59. The van der Waals surface area contributed by atoms with Gasteiger partial charge < -0.3 is 10.4 Å². The van der Waals surface area contributed by atoms with E-state index in [1.165, 1.54) is 11.1 Å². The number of hydrogen-bond acceptors (Lipinski definition) is 2. The average Bonchev–Trinajstić information content (AvgIpc) is 2.24. The van der Waals surface area contributed by atoms with Gasteiger partial charge in [-0.3, -0.25) is 0 Å². The van der Waals surface area contributed by atoms with Gasteiger partial charge in [-0.2, -0.15) is 0 Å². The summed E-state index contributed by atoms with van der Waals surface area (Å²) in [6.45, 7) is 8.65. The van der Waals surface area contributed by atoms with Gasteiger partial charge in [0, 0.05) is 12.6 Å². The first kappa shape index (κ1) is 13.2. The van der Waals surface area contributed by atoms with Crippen molar-refractivity contribution in [3.05, 3.63) is 35.4 Å². The van der Waals surface area contributed by atoms with Gasteiger partial charge in [0.1, 0.15) is 0 Å². The minimum atomic E-state index is -0.679. The summed E-state index contributed by atoms with van der Waals surface area (Å²) in [5.41, 5.74) is 2.01. The zero-order chi connectivity index (χ0) is 12.2. The van der Waals surface area contributed by atoms with Crippen LogP contribution in [0.4, 0.5) is 0 Å². The molecule has 0 spiro atoms. The predicted octanol–water partition coefficient (Wildman–Crippen LogP) is 2.50. The monoisotopic (exact) mass is 221 g/mol. The van der Waals surface area contributed by atoms with Gasteiger partial charge in [-0.25, -0.2) is 0 Å². The molecule has 0 fully saturated rings. The Morgan fingerprint density at radius 3 is 2.31 bits per heavy atom. The molecule has 0 aliphatic heterocycles. The average molecular weight is 221 g/mol. The Hall–Kier alpha value is -0.860. The molecule has 1 rings (SSSR count). The van der Waals surface area contributed by atoms with Crippen molar-refractivity contribution in [1.82, 2.24) is 5.32 Å². The van der Waals surface area contributed by atoms with Crippen molar-refractivity contribution in [2.75, 3.05) is 0 Å². The molecule has 2 heteroatoms. The first-order valence-electron chi connectivity index (χ1n) is 5.97.